The topological polar surface area (TPSA) is 49.4 Å². The third-order valence-corrected chi connectivity index (χ3v) is 5.70. The zero-order chi connectivity index (χ0) is 14.0. The van der Waals surface area contributed by atoms with Crippen LogP contribution >= 0.6 is 15.9 Å². The van der Waals surface area contributed by atoms with Gasteiger partial charge in [-0.05, 0) is 38.1 Å². The van der Waals surface area contributed by atoms with Gasteiger partial charge in [-0.15, -0.1) is 0 Å². The zero-order valence-corrected chi connectivity index (χ0v) is 13.0. The number of halogens is 2. The van der Waals surface area contributed by atoms with E-state index in [0.29, 0.717) is 17.6 Å². The quantitative estimate of drug-likeness (QED) is 0.906. The first kappa shape index (κ1) is 14.9. The smallest absolute Gasteiger partial charge is 0.246 e. The van der Waals surface area contributed by atoms with Crippen molar-refractivity contribution in [3.63, 3.8) is 0 Å². The molecule has 2 rings (SSSR count). The number of benzene rings is 1. The molecule has 0 aliphatic carbocycles. The van der Waals surface area contributed by atoms with Gasteiger partial charge in [-0.2, -0.15) is 4.31 Å². The van der Waals surface area contributed by atoms with E-state index in [1.165, 1.54) is 22.5 Å². The van der Waals surface area contributed by atoms with E-state index in [0.717, 1.165) is 12.8 Å². The van der Waals surface area contributed by atoms with Crippen LogP contribution < -0.4 is 5.32 Å². The van der Waals surface area contributed by atoms with E-state index in [9.17, 15) is 12.8 Å². The zero-order valence-electron chi connectivity index (χ0n) is 10.6. The Balaban J connectivity index is 2.31. The third-order valence-electron chi connectivity index (χ3n) is 3.30. The van der Waals surface area contributed by atoms with Crippen molar-refractivity contribution in [1.29, 1.82) is 0 Å². The minimum absolute atomic E-state index is 0.127. The summed E-state index contributed by atoms with van der Waals surface area (Å²) in [6.45, 7) is 0.824. The Morgan fingerprint density at radius 3 is 2.84 bits per heavy atom. The summed E-state index contributed by atoms with van der Waals surface area (Å²) in [6, 6.07) is 4.14. The van der Waals surface area contributed by atoms with Crippen LogP contribution in [0.25, 0.3) is 0 Å². The number of nitrogens with zero attached hydrogens (tertiary/aromatic N) is 1. The molecule has 0 bridgehead atoms. The fraction of sp³-hybridized carbons (Fsp3) is 0.500. The van der Waals surface area contributed by atoms with Crippen LogP contribution in [0.4, 0.5) is 4.39 Å². The Bertz CT molecular complexity index is 565. The molecule has 1 aromatic carbocycles. The van der Waals surface area contributed by atoms with E-state index in [-0.39, 0.29) is 10.9 Å². The third kappa shape index (κ3) is 3.16. The monoisotopic (exact) mass is 350 g/mol. The number of rotatable bonds is 3. The highest BCUT2D eigenvalue weighted by atomic mass is 79.9. The minimum atomic E-state index is -3.75. The van der Waals surface area contributed by atoms with Gasteiger partial charge in [0.1, 0.15) is 10.7 Å². The van der Waals surface area contributed by atoms with Crippen LogP contribution in [0.15, 0.2) is 27.6 Å². The lowest BCUT2D eigenvalue weighted by atomic mass is 10.1. The molecule has 7 heteroatoms. The average molecular weight is 351 g/mol. The maximum atomic E-state index is 13.8. The van der Waals surface area contributed by atoms with Gasteiger partial charge >= 0.3 is 0 Å². The molecule has 1 unspecified atom stereocenters. The summed E-state index contributed by atoms with van der Waals surface area (Å²) in [6.07, 6.45) is 1.72. The molecule has 1 aromatic rings. The lowest BCUT2D eigenvalue weighted by molar-refractivity contribution is 0.292. The Kier molecular flexibility index (Phi) is 4.60. The van der Waals surface area contributed by atoms with E-state index in [4.69, 9.17) is 0 Å². The van der Waals surface area contributed by atoms with Gasteiger partial charge in [0.2, 0.25) is 10.0 Å². The minimum Gasteiger partial charge on any atom is -0.316 e. The summed E-state index contributed by atoms with van der Waals surface area (Å²) in [7, 11) is -1.95. The van der Waals surface area contributed by atoms with Crippen molar-refractivity contribution in [2.24, 2.45) is 0 Å². The molecule has 4 nitrogen and oxygen atoms in total. The standard InChI is InChI=1S/C12H16BrFN2O2S/c1-15-10-3-2-6-16(8-10)19(17,18)12-5-4-9(13)7-11(12)14/h4-5,7,10,15H,2-3,6,8H2,1H3. The lowest BCUT2D eigenvalue weighted by Gasteiger charge is -2.31. The van der Waals surface area contributed by atoms with E-state index in [1.807, 2.05) is 0 Å². The van der Waals surface area contributed by atoms with Crippen molar-refractivity contribution in [1.82, 2.24) is 9.62 Å². The highest BCUT2D eigenvalue weighted by molar-refractivity contribution is 9.10. The Labute approximate surface area is 121 Å². The second-order valence-electron chi connectivity index (χ2n) is 4.57. The van der Waals surface area contributed by atoms with Gasteiger partial charge in [0, 0.05) is 23.6 Å². The normalized spacial score (nSPS) is 21.5. The Hall–Kier alpha value is -0.500. The van der Waals surface area contributed by atoms with Crippen LogP contribution in [-0.2, 0) is 10.0 Å². The maximum absolute atomic E-state index is 13.8. The van der Waals surface area contributed by atoms with Gasteiger partial charge in [-0.1, -0.05) is 15.9 Å². The first-order valence-electron chi connectivity index (χ1n) is 6.07. The Morgan fingerprint density at radius 1 is 1.47 bits per heavy atom. The molecule has 1 N–H and O–H groups in total. The summed E-state index contributed by atoms with van der Waals surface area (Å²) in [5.41, 5.74) is 0. The van der Waals surface area contributed by atoms with Crippen molar-refractivity contribution in [2.75, 3.05) is 20.1 Å². The molecule has 1 aliphatic rings. The van der Waals surface area contributed by atoms with Crippen LogP contribution in [0.1, 0.15) is 12.8 Å². The van der Waals surface area contributed by atoms with E-state index < -0.39 is 15.8 Å². The molecule has 0 aromatic heterocycles. The molecular weight excluding hydrogens is 335 g/mol. The highest BCUT2D eigenvalue weighted by Gasteiger charge is 2.31. The van der Waals surface area contributed by atoms with Gasteiger partial charge in [-0.3, -0.25) is 0 Å². The first-order chi connectivity index (χ1) is 8.95. The maximum Gasteiger partial charge on any atom is 0.246 e. The summed E-state index contributed by atoms with van der Waals surface area (Å²) in [5.74, 6) is -0.721. The van der Waals surface area contributed by atoms with Crippen molar-refractivity contribution < 1.29 is 12.8 Å². The first-order valence-corrected chi connectivity index (χ1v) is 8.31. The van der Waals surface area contributed by atoms with Gasteiger partial charge in [-0.25, -0.2) is 12.8 Å². The molecule has 0 radical (unpaired) electrons. The molecule has 1 aliphatic heterocycles. The molecule has 0 amide bonds. The molecule has 0 saturated carbocycles. The predicted molar refractivity (Wildman–Crippen MR) is 74.9 cm³/mol. The van der Waals surface area contributed by atoms with Gasteiger partial charge in [0.25, 0.3) is 0 Å². The van der Waals surface area contributed by atoms with Crippen LogP contribution in [0.5, 0.6) is 0 Å². The van der Waals surface area contributed by atoms with E-state index in [2.05, 4.69) is 21.2 Å². The second-order valence-corrected chi connectivity index (χ2v) is 7.39. The number of likely N-dealkylation sites (N-methyl/N-ethyl adjacent to an activating group) is 1. The molecule has 0 spiro atoms. The molecule has 19 heavy (non-hydrogen) atoms. The van der Waals surface area contributed by atoms with Crippen LogP contribution in [0.2, 0.25) is 0 Å². The van der Waals surface area contributed by atoms with Gasteiger partial charge in [0.15, 0.2) is 0 Å². The average Bonchev–Trinajstić information content (AvgIpc) is 2.38. The van der Waals surface area contributed by atoms with Crippen molar-refractivity contribution in [3.8, 4) is 0 Å². The highest BCUT2D eigenvalue weighted by Crippen LogP contribution is 2.25. The van der Waals surface area contributed by atoms with Crippen LogP contribution in [0.3, 0.4) is 0 Å². The SMILES string of the molecule is CNC1CCCN(S(=O)(=O)c2ccc(Br)cc2F)C1. The molecule has 106 valence electrons. The van der Waals surface area contributed by atoms with E-state index >= 15 is 0 Å². The molecule has 1 fully saturated rings. The molecule has 1 atom stereocenters. The van der Waals surface area contributed by atoms with Gasteiger partial charge < -0.3 is 5.32 Å². The van der Waals surface area contributed by atoms with Crippen molar-refractivity contribution >= 4 is 26.0 Å². The number of sulfonamides is 1. The van der Waals surface area contributed by atoms with Crippen molar-refractivity contribution in [3.05, 3.63) is 28.5 Å². The summed E-state index contributed by atoms with van der Waals surface area (Å²) < 4.78 is 40.6. The number of nitrogens with one attached hydrogen (secondary N) is 1. The predicted octanol–water partition coefficient (Wildman–Crippen LogP) is 1.96. The fourth-order valence-corrected chi connectivity index (χ4v) is 4.12. The molecule has 1 saturated heterocycles. The van der Waals surface area contributed by atoms with Crippen LogP contribution in [0, 0.1) is 5.82 Å². The number of piperidine rings is 1. The number of hydrogen-bond donors (Lipinski definition) is 1. The summed E-state index contributed by atoms with van der Waals surface area (Å²) in [5, 5.41) is 3.07. The fourth-order valence-electron chi connectivity index (χ4n) is 2.22. The molecular formula is C12H16BrFN2O2S. The lowest BCUT2D eigenvalue weighted by Crippen LogP contribution is -2.47. The van der Waals surface area contributed by atoms with Crippen LogP contribution in [-0.4, -0.2) is 38.9 Å². The summed E-state index contributed by atoms with van der Waals surface area (Å²) >= 11 is 3.12. The summed E-state index contributed by atoms with van der Waals surface area (Å²) in [4.78, 5) is -0.257. The van der Waals surface area contributed by atoms with E-state index in [1.54, 1.807) is 7.05 Å². The van der Waals surface area contributed by atoms with Crippen molar-refractivity contribution in [2.45, 2.75) is 23.8 Å². The van der Waals surface area contributed by atoms with Gasteiger partial charge in [0.05, 0.1) is 0 Å². The Morgan fingerprint density at radius 2 is 2.21 bits per heavy atom. The largest absolute Gasteiger partial charge is 0.316 e. The molecule has 1 heterocycles. The second kappa shape index (κ2) is 5.87. The number of hydrogen-bond acceptors (Lipinski definition) is 3.